The van der Waals surface area contributed by atoms with Gasteiger partial charge in [0.25, 0.3) is 0 Å². The number of carbonyl (C=O) groups excluding carboxylic acids is 1. The molecule has 2 aromatic carbocycles. The number of ether oxygens (including phenoxy) is 1. The number of fused-ring (bicyclic) bond motifs is 1. The van der Waals surface area contributed by atoms with Crippen molar-refractivity contribution in [1.82, 2.24) is 10.0 Å². The number of rotatable bonds is 3. The lowest BCUT2D eigenvalue weighted by atomic mass is 10.0. The summed E-state index contributed by atoms with van der Waals surface area (Å²) in [5.41, 5.74) is 0.686. The maximum atomic E-state index is 12.9. The van der Waals surface area contributed by atoms with E-state index in [1.807, 2.05) is 0 Å². The number of nitrogens with zero attached hydrogens (tertiary/aromatic N) is 2. The third kappa shape index (κ3) is 4.86. The van der Waals surface area contributed by atoms with E-state index in [0.29, 0.717) is 17.0 Å². The number of amides is 1. The van der Waals surface area contributed by atoms with Crippen molar-refractivity contribution in [3.05, 3.63) is 65.2 Å². The summed E-state index contributed by atoms with van der Waals surface area (Å²) in [4.78, 5) is 11.7. The highest BCUT2D eigenvalue weighted by molar-refractivity contribution is 5.81. The minimum Gasteiger partial charge on any atom is -0.484 e. The van der Waals surface area contributed by atoms with Crippen molar-refractivity contribution in [1.29, 1.82) is 0 Å². The highest BCUT2D eigenvalue weighted by atomic mass is 19.4. The molecular formula is C20H18F6N2O2. The molecular weight excluding hydrogens is 414 g/mol. The van der Waals surface area contributed by atoms with Crippen molar-refractivity contribution in [3.8, 4) is 5.75 Å². The molecule has 0 saturated heterocycles. The zero-order valence-corrected chi connectivity index (χ0v) is 15.8. The molecule has 10 heteroatoms. The second kappa shape index (κ2) is 8.17. The molecule has 162 valence electrons. The molecule has 0 radical (unpaired) electrons. The summed E-state index contributed by atoms with van der Waals surface area (Å²) in [6, 6.07) is 11.1. The van der Waals surface area contributed by atoms with Gasteiger partial charge in [0.2, 0.25) is 0 Å². The van der Waals surface area contributed by atoms with E-state index in [1.165, 1.54) is 5.01 Å². The molecule has 1 aliphatic heterocycles. The van der Waals surface area contributed by atoms with Crippen molar-refractivity contribution in [2.45, 2.75) is 24.9 Å². The van der Waals surface area contributed by atoms with Crippen LogP contribution in [0.4, 0.5) is 26.3 Å². The SMILES string of the molecule is CN(C(=O)C(F)(F)F)N1CCc2ccccc2C(Oc2ccc(C(F)(F)F)cc2)C1. The molecule has 0 aromatic heterocycles. The molecule has 2 aromatic rings. The molecule has 0 aliphatic carbocycles. The Hall–Kier alpha value is -2.75. The first-order chi connectivity index (χ1) is 14.0. The summed E-state index contributed by atoms with van der Waals surface area (Å²) in [5, 5.41) is 1.74. The van der Waals surface area contributed by atoms with Gasteiger partial charge in [-0.05, 0) is 41.8 Å². The van der Waals surface area contributed by atoms with Gasteiger partial charge in [0.1, 0.15) is 11.9 Å². The van der Waals surface area contributed by atoms with Crippen molar-refractivity contribution in [2.24, 2.45) is 0 Å². The Morgan fingerprint density at radius 2 is 1.67 bits per heavy atom. The molecule has 0 bridgehead atoms. The summed E-state index contributed by atoms with van der Waals surface area (Å²) >= 11 is 0. The van der Waals surface area contributed by atoms with Crippen molar-refractivity contribution < 1.29 is 35.9 Å². The monoisotopic (exact) mass is 432 g/mol. The van der Waals surface area contributed by atoms with E-state index in [1.54, 1.807) is 24.3 Å². The zero-order valence-electron chi connectivity index (χ0n) is 15.8. The molecule has 4 nitrogen and oxygen atoms in total. The average molecular weight is 432 g/mol. The number of benzene rings is 2. The lowest BCUT2D eigenvalue weighted by molar-refractivity contribution is -0.200. The summed E-state index contributed by atoms with van der Waals surface area (Å²) in [6.07, 6.45) is -9.94. The molecule has 1 heterocycles. The van der Waals surface area contributed by atoms with Gasteiger partial charge in [-0.2, -0.15) is 26.3 Å². The largest absolute Gasteiger partial charge is 0.484 e. The molecule has 0 spiro atoms. The number of alkyl halides is 6. The van der Waals surface area contributed by atoms with Gasteiger partial charge in [-0.1, -0.05) is 24.3 Å². The van der Waals surface area contributed by atoms with Gasteiger partial charge < -0.3 is 4.74 Å². The lowest BCUT2D eigenvalue weighted by Crippen LogP contribution is -2.51. The van der Waals surface area contributed by atoms with Gasteiger partial charge in [-0.25, -0.2) is 5.01 Å². The van der Waals surface area contributed by atoms with Crippen LogP contribution in [0.3, 0.4) is 0 Å². The minimum absolute atomic E-state index is 0.0869. The molecule has 1 aliphatic rings. The van der Waals surface area contributed by atoms with Crippen LogP contribution in [-0.4, -0.2) is 42.2 Å². The Kier molecular flexibility index (Phi) is 5.98. The Morgan fingerprint density at radius 3 is 2.27 bits per heavy atom. The Bertz CT molecular complexity index is 895. The number of carbonyl (C=O) groups is 1. The van der Waals surface area contributed by atoms with Gasteiger partial charge in [-0.15, -0.1) is 0 Å². The van der Waals surface area contributed by atoms with Gasteiger partial charge >= 0.3 is 18.3 Å². The molecule has 1 unspecified atom stereocenters. The molecule has 1 amide bonds. The van der Waals surface area contributed by atoms with Gasteiger partial charge in [-0.3, -0.25) is 9.80 Å². The molecule has 0 saturated carbocycles. The fourth-order valence-electron chi connectivity index (χ4n) is 3.28. The zero-order chi connectivity index (χ0) is 22.1. The van der Waals surface area contributed by atoms with Crippen LogP contribution < -0.4 is 4.74 Å². The van der Waals surface area contributed by atoms with Crippen LogP contribution in [0.1, 0.15) is 22.8 Å². The van der Waals surface area contributed by atoms with Crippen molar-refractivity contribution in [2.75, 3.05) is 20.1 Å². The van der Waals surface area contributed by atoms with E-state index < -0.39 is 29.9 Å². The fraction of sp³-hybridized carbons (Fsp3) is 0.350. The van der Waals surface area contributed by atoms with E-state index in [0.717, 1.165) is 36.9 Å². The van der Waals surface area contributed by atoms with Gasteiger partial charge in [0.05, 0.1) is 12.1 Å². The Balaban J connectivity index is 1.87. The molecule has 1 atom stereocenters. The van der Waals surface area contributed by atoms with E-state index in [-0.39, 0.29) is 18.8 Å². The fourth-order valence-corrected chi connectivity index (χ4v) is 3.28. The number of halogens is 6. The lowest BCUT2D eigenvalue weighted by Gasteiger charge is -2.33. The average Bonchev–Trinajstić information content (AvgIpc) is 2.86. The van der Waals surface area contributed by atoms with E-state index in [2.05, 4.69) is 0 Å². The third-order valence-electron chi connectivity index (χ3n) is 4.84. The van der Waals surface area contributed by atoms with Crippen molar-refractivity contribution >= 4 is 5.91 Å². The molecule has 0 N–H and O–H groups in total. The number of hydrogen-bond donors (Lipinski definition) is 0. The second-order valence-corrected chi connectivity index (χ2v) is 6.82. The van der Waals surface area contributed by atoms with Crippen molar-refractivity contribution in [3.63, 3.8) is 0 Å². The maximum absolute atomic E-state index is 12.9. The first-order valence-corrected chi connectivity index (χ1v) is 8.98. The topological polar surface area (TPSA) is 32.8 Å². The predicted molar refractivity (Wildman–Crippen MR) is 95.4 cm³/mol. The Morgan fingerprint density at radius 1 is 1.03 bits per heavy atom. The first kappa shape index (κ1) is 21.9. The standard InChI is InChI=1S/C20H18F6N2O2/c1-27(18(29)20(24,25)26)28-11-10-13-4-2-3-5-16(13)17(12-28)30-15-8-6-14(7-9-15)19(21,22)23/h2-9,17H,10-12H2,1H3. The minimum atomic E-state index is -5.03. The molecule has 0 fully saturated rings. The number of hydrogen-bond acceptors (Lipinski definition) is 3. The van der Waals surface area contributed by atoms with E-state index in [9.17, 15) is 31.1 Å². The quantitative estimate of drug-likeness (QED) is 0.664. The van der Waals surface area contributed by atoms with Crippen LogP contribution >= 0.6 is 0 Å². The summed E-state index contributed by atoms with van der Waals surface area (Å²) in [7, 11) is 1.03. The highest BCUT2D eigenvalue weighted by Gasteiger charge is 2.43. The Labute approximate surface area is 168 Å². The van der Waals surface area contributed by atoms with Crippen LogP contribution in [0.25, 0.3) is 0 Å². The maximum Gasteiger partial charge on any atom is 0.472 e. The summed E-state index contributed by atoms with van der Waals surface area (Å²) in [6.45, 7) is 0.0541. The van der Waals surface area contributed by atoms with Crippen LogP contribution in [0.15, 0.2) is 48.5 Å². The molecule has 30 heavy (non-hydrogen) atoms. The second-order valence-electron chi connectivity index (χ2n) is 6.82. The summed E-state index contributed by atoms with van der Waals surface area (Å²) < 4.78 is 82.7. The summed E-state index contributed by atoms with van der Waals surface area (Å²) in [5.74, 6) is -1.88. The van der Waals surface area contributed by atoms with Crippen LogP contribution in [0.5, 0.6) is 5.75 Å². The van der Waals surface area contributed by atoms with Gasteiger partial charge in [0.15, 0.2) is 0 Å². The predicted octanol–water partition coefficient (Wildman–Crippen LogP) is 4.62. The van der Waals surface area contributed by atoms with Crippen LogP contribution in [-0.2, 0) is 17.4 Å². The third-order valence-corrected chi connectivity index (χ3v) is 4.84. The molecule has 3 rings (SSSR count). The smallest absolute Gasteiger partial charge is 0.472 e. The van der Waals surface area contributed by atoms with Crippen LogP contribution in [0.2, 0.25) is 0 Å². The van der Waals surface area contributed by atoms with E-state index >= 15 is 0 Å². The highest BCUT2D eigenvalue weighted by Crippen LogP contribution is 2.33. The van der Waals surface area contributed by atoms with Crippen LogP contribution in [0, 0.1) is 0 Å². The van der Waals surface area contributed by atoms with Gasteiger partial charge in [0, 0.05) is 13.6 Å². The normalized spacial score (nSPS) is 17.8. The van der Waals surface area contributed by atoms with E-state index in [4.69, 9.17) is 4.74 Å². The first-order valence-electron chi connectivity index (χ1n) is 8.98. The number of hydrazine groups is 1.